The molecule has 0 aromatic heterocycles. The summed E-state index contributed by atoms with van der Waals surface area (Å²) in [5.74, 6) is 3.51. The van der Waals surface area contributed by atoms with Gasteiger partial charge in [-0.1, -0.05) is 27.7 Å². The highest BCUT2D eigenvalue weighted by atomic mass is 16.7. The van der Waals surface area contributed by atoms with Gasteiger partial charge < -0.3 is 9.47 Å². The SMILES string of the molecule is C[C@@H]1CC[C@@]2(OC1)O[C@H]1C[C@H]3[C@@H]4CCC5CC(=O)CC[C@]5(C)[C@H]4C(=O)C[C@]3(C)[C@H]1[C@@H]2C. The van der Waals surface area contributed by atoms with Crippen LogP contribution in [-0.4, -0.2) is 30.1 Å². The van der Waals surface area contributed by atoms with E-state index in [1.54, 1.807) is 0 Å². The Bertz CT molecular complexity index is 797. The van der Waals surface area contributed by atoms with Crippen LogP contribution in [0.1, 0.15) is 85.5 Å². The number of rotatable bonds is 0. The summed E-state index contributed by atoms with van der Waals surface area (Å²) in [6.07, 6.45) is 8.76. The van der Waals surface area contributed by atoms with E-state index in [2.05, 4.69) is 27.7 Å². The highest BCUT2D eigenvalue weighted by Crippen LogP contribution is 2.70. The molecule has 6 rings (SSSR count). The lowest BCUT2D eigenvalue weighted by Gasteiger charge is -2.59. The second-order valence-electron chi connectivity index (χ2n) is 12.9. The molecule has 4 aliphatic carbocycles. The van der Waals surface area contributed by atoms with Crippen molar-refractivity contribution in [1.82, 2.24) is 0 Å². The molecule has 0 aromatic carbocycles. The van der Waals surface area contributed by atoms with Crippen LogP contribution >= 0.6 is 0 Å². The zero-order valence-corrected chi connectivity index (χ0v) is 19.8. The molecule has 1 unspecified atom stereocenters. The van der Waals surface area contributed by atoms with E-state index in [4.69, 9.17) is 9.47 Å². The van der Waals surface area contributed by atoms with Crippen LogP contribution in [0.2, 0.25) is 0 Å². The monoisotopic (exact) mass is 428 g/mol. The first-order valence-corrected chi connectivity index (χ1v) is 13.0. The van der Waals surface area contributed by atoms with Gasteiger partial charge in [-0.25, -0.2) is 0 Å². The van der Waals surface area contributed by atoms with Crippen molar-refractivity contribution in [2.45, 2.75) is 97.4 Å². The molecule has 11 atom stereocenters. The molecule has 4 heteroatoms. The summed E-state index contributed by atoms with van der Waals surface area (Å²) in [7, 11) is 0. The van der Waals surface area contributed by atoms with Crippen molar-refractivity contribution >= 4 is 11.6 Å². The normalized spacial score (nSPS) is 58.6. The standard InChI is InChI=1S/C27H40O4/c1-15-7-10-27(30-14-15)16(2)23-22(31-27)12-20-19-6-5-17-11-18(28)8-9-25(17,3)24(19)21(29)13-26(20,23)4/h15-17,19-20,22-24H,5-14H2,1-4H3/t15-,16+,17?,19+,20+,22+,23+,24-,25+,26+,27-/m1/s1. The van der Waals surface area contributed by atoms with Crippen LogP contribution in [0.5, 0.6) is 0 Å². The van der Waals surface area contributed by atoms with Crippen LogP contribution in [0.3, 0.4) is 0 Å². The van der Waals surface area contributed by atoms with Crippen LogP contribution in [0.15, 0.2) is 0 Å². The smallest absolute Gasteiger partial charge is 0.171 e. The zero-order valence-electron chi connectivity index (χ0n) is 19.8. The van der Waals surface area contributed by atoms with E-state index in [0.717, 1.165) is 38.7 Å². The summed E-state index contributed by atoms with van der Waals surface area (Å²) in [5.41, 5.74) is 0.0647. The molecule has 6 fully saturated rings. The summed E-state index contributed by atoms with van der Waals surface area (Å²) in [4.78, 5) is 26.0. The van der Waals surface area contributed by atoms with Crippen molar-refractivity contribution in [3.63, 3.8) is 0 Å². The molecule has 172 valence electrons. The van der Waals surface area contributed by atoms with Crippen LogP contribution in [0, 0.1) is 52.3 Å². The summed E-state index contributed by atoms with van der Waals surface area (Å²) in [5, 5.41) is 0. The van der Waals surface area contributed by atoms with Gasteiger partial charge in [0.25, 0.3) is 0 Å². The summed E-state index contributed by atoms with van der Waals surface area (Å²) < 4.78 is 13.2. The van der Waals surface area contributed by atoms with Crippen molar-refractivity contribution < 1.29 is 19.1 Å². The van der Waals surface area contributed by atoms with Crippen molar-refractivity contribution in [1.29, 1.82) is 0 Å². The van der Waals surface area contributed by atoms with Gasteiger partial charge >= 0.3 is 0 Å². The van der Waals surface area contributed by atoms with E-state index in [1.165, 1.54) is 6.42 Å². The molecule has 0 amide bonds. The summed E-state index contributed by atoms with van der Waals surface area (Å²) in [6, 6.07) is 0. The number of hydrogen-bond donors (Lipinski definition) is 0. The van der Waals surface area contributed by atoms with Crippen LogP contribution in [0.4, 0.5) is 0 Å². The van der Waals surface area contributed by atoms with Crippen LogP contribution in [0.25, 0.3) is 0 Å². The van der Waals surface area contributed by atoms with Gasteiger partial charge in [0.15, 0.2) is 5.79 Å². The third-order valence-electron chi connectivity index (χ3n) is 11.4. The lowest BCUT2D eigenvalue weighted by atomic mass is 9.44. The molecule has 2 saturated heterocycles. The molecular weight excluding hydrogens is 388 g/mol. The van der Waals surface area contributed by atoms with E-state index in [0.29, 0.717) is 66.3 Å². The average molecular weight is 429 g/mol. The summed E-state index contributed by atoms with van der Waals surface area (Å²) >= 11 is 0. The minimum Gasteiger partial charge on any atom is -0.349 e. The zero-order chi connectivity index (χ0) is 21.8. The Morgan fingerprint density at radius 3 is 2.55 bits per heavy atom. The highest BCUT2D eigenvalue weighted by Gasteiger charge is 2.70. The molecule has 0 bridgehead atoms. The summed E-state index contributed by atoms with van der Waals surface area (Å²) in [6.45, 7) is 10.2. The Morgan fingerprint density at radius 2 is 1.81 bits per heavy atom. The number of hydrogen-bond acceptors (Lipinski definition) is 4. The second-order valence-corrected chi connectivity index (χ2v) is 12.9. The molecule has 0 radical (unpaired) electrons. The third kappa shape index (κ3) is 2.67. The molecule has 0 aromatic rings. The number of carbonyl (C=O) groups is 2. The second kappa shape index (κ2) is 6.65. The minimum atomic E-state index is -0.414. The first kappa shape index (κ1) is 20.8. The van der Waals surface area contributed by atoms with Gasteiger partial charge in [0.1, 0.15) is 11.6 Å². The van der Waals surface area contributed by atoms with Gasteiger partial charge in [-0.15, -0.1) is 0 Å². The van der Waals surface area contributed by atoms with Gasteiger partial charge in [-0.05, 0) is 72.5 Å². The van der Waals surface area contributed by atoms with Gasteiger partial charge in [-0.2, -0.15) is 0 Å². The van der Waals surface area contributed by atoms with E-state index in [9.17, 15) is 9.59 Å². The van der Waals surface area contributed by atoms with Crippen molar-refractivity contribution in [3.05, 3.63) is 0 Å². The van der Waals surface area contributed by atoms with E-state index < -0.39 is 5.79 Å². The molecule has 1 spiro atoms. The predicted octanol–water partition coefficient (Wildman–Crippen LogP) is 5.18. The topological polar surface area (TPSA) is 52.6 Å². The quantitative estimate of drug-likeness (QED) is 0.533. The molecular formula is C27H40O4. The fourth-order valence-electron chi connectivity index (χ4n) is 9.88. The fraction of sp³-hybridized carbons (Fsp3) is 0.926. The molecule has 6 aliphatic rings. The van der Waals surface area contributed by atoms with Crippen LogP contribution < -0.4 is 0 Å². The highest BCUT2D eigenvalue weighted by molar-refractivity contribution is 5.85. The molecule has 4 saturated carbocycles. The number of ether oxygens (including phenoxy) is 2. The lowest BCUT2D eigenvalue weighted by Crippen LogP contribution is -2.58. The first-order valence-electron chi connectivity index (χ1n) is 13.0. The van der Waals surface area contributed by atoms with Crippen molar-refractivity contribution in [2.75, 3.05) is 6.61 Å². The number of fused-ring (bicyclic) bond motifs is 7. The van der Waals surface area contributed by atoms with Gasteiger partial charge in [-0.3, -0.25) is 9.59 Å². The molecule has 4 nitrogen and oxygen atoms in total. The maximum atomic E-state index is 13.9. The Balaban J connectivity index is 1.30. The fourth-order valence-corrected chi connectivity index (χ4v) is 9.88. The molecule has 0 N–H and O–H groups in total. The Labute approximate surface area is 187 Å². The minimum absolute atomic E-state index is 0.0310. The number of Topliss-reactive ketones (excluding diaryl/α,β-unsaturated/α-hetero) is 2. The van der Waals surface area contributed by atoms with Crippen molar-refractivity contribution in [2.24, 2.45) is 52.3 Å². The van der Waals surface area contributed by atoms with E-state index >= 15 is 0 Å². The van der Waals surface area contributed by atoms with Gasteiger partial charge in [0, 0.05) is 37.5 Å². The Kier molecular flexibility index (Phi) is 4.47. The maximum Gasteiger partial charge on any atom is 0.171 e. The molecule has 2 aliphatic heterocycles. The molecule has 2 heterocycles. The Morgan fingerprint density at radius 1 is 1.00 bits per heavy atom. The lowest BCUT2D eigenvalue weighted by molar-refractivity contribution is -0.272. The van der Waals surface area contributed by atoms with E-state index in [1.807, 2.05) is 0 Å². The first-order chi connectivity index (χ1) is 14.7. The Hall–Kier alpha value is -0.740. The largest absolute Gasteiger partial charge is 0.349 e. The van der Waals surface area contributed by atoms with E-state index in [-0.39, 0.29) is 22.9 Å². The van der Waals surface area contributed by atoms with Crippen LogP contribution in [-0.2, 0) is 19.1 Å². The van der Waals surface area contributed by atoms with Crippen molar-refractivity contribution in [3.8, 4) is 0 Å². The third-order valence-corrected chi connectivity index (χ3v) is 11.4. The van der Waals surface area contributed by atoms with Gasteiger partial charge in [0.2, 0.25) is 0 Å². The molecule has 31 heavy (non-hydrogen) atoms. The number of carbonyl (C=O) groups excluding carboxylic acids is 2. The predicted molar refractivity (Wildman–Crippen MR) is 117 cm³/mol. The number of ketones is 2. The average Bonchev–Trinajstić information content (AvgIpc) is 3.15. The maximum absolute atomic E-state index is 13.9. The van der Waals surface area contributed by atoms with Gasteiger partial charge in [0.05, 0.1) is 12.7 Å².